The van der Waals surface area contributed by atoms with Crippen LogP contribution in [0.4, 0.5) is 0 Å². The highest BCUT2D eigenvalue weighted by Gasteiger charge is 2.24. The summed E-state index contributed by atoms with van der Waals surface area (Å²) in [6.07, 6.45) is 1.52. The predicted octanol–water partition coefficient (Wildman–Crippen LogP) is 2.11. The molecule has 23 heavy (non-hydrogen) atoms. The summed E-state index contributed by atoms with van der Waals surface area (Å²) >= 11 is 1.29. The molecule has 0 radical (unpaired) electrons. The summed E-state index contributed by atoms with van der Waals surface area (Å²) in [7, 11) is 0. The number of rotatable bonds is 4. The molecule has 1 amide bonds. The topological polar surface area (TPSA) is 69.6 Å². The summed E-state index contributed by atoms with van der Waals surface area (Å²) in [5, 5.41) is 0. The van der Waals surface area contributed by atoms with Gasteiger partial charge in [-0.1, -0.05) is 25.2 Å². The van der Waals surface area contributed by atoms with Crippen LogP contribution in [0.5, 0.6) is 0 Å². The van der Waals surface area contributed by atoms with Gasteiger partial charge in [0.2, 0.25) is 0 Å². The summed E-state index contributed by atoms with van der Waals surface area (Å²) in [5.74, 6) is 0.652. The lowest BCUT2D eigenvalue weighted by Gasteiger charge is -2.34. The summed E-state index contributed by atoms with van der Waals surface area (Å²) in [5.41, 5.74) is 1.04. The Kier molecular flexibility index (Phi) is 4.68. The Labute approximate surface area is 138 Å². The van der Waals surface area contributed by atoms with Gasteiger partial charge in [-0.25, -0.2) is 0 Å². The maximum absolute atomic E-state index is 12.2. The molecule has 7 heteroatoms. The van der Waals surface area contributed by atoms with Gasteiger partial charge in [0, 0.05) is 43.3 Å². The zero-order valence-electron chi connectivity index (χ0n) is 13.4. The lowest BCUT2D eigenvalue weighted by atomic mass is 10.1. The van der Waals surface area contributed by atoms with Crippen molar-refractivity contribution in [3.8, 4) is 0 Å². The Morgan fingerprint density at radius 1 is 1.35 bits per heavy atom. The second-order valence-electron chi connectivity index (χ2n) is 6.05. The number of thiazole rings is 1. The van der Waals surface area contributed by atoms with Gasteiger partial charge < -0.3 is 14.3 Å². The van der Waals surface area contributed by atoms with Crippen LogP contribution in [0, 0.1) is 0 Å². The van der Waals surface area contributed by atoms with E-state index in [9.17, 15) is 9.59 Å². The maximum Gasteiger partial charge on any atom is 0.304 e. The third kappa shape index (κ3) is 3.56. The first-order valence-electron chi connectivity index (χ1n) is 7.81. The third-order valence-corrected chi connectivity index (χ3v) is 4.97. The van der Waals surface area contributed by atoms with Crippen molar-refractivity contribution < 1.29 is 9.21 Å². The number of aromatic nitrogens is 1. The normalized spacial score (nSPS) is 16.2. The standard InChI is InChI=1S/C16H21N3O3S/c1-11(2)14-13(23-16(21)17-14)10-18-5-7-19(8-6-18)15(20)12-4-3-9-22-12/h3-4,9,11H,5-8,10H2,1-2H3,(H,17,21). The van der Waals surface area contributed by atoms with Gasteiger partial charge in [0.25, 0.3) is 5.91 Å². The van der Waals surface area contributed by atoms with Crippen LogP contribution in [0.3, 0.4) is 0 Å². The first-order valence-corrected chi connectivity index (χ1v) is 8.63. The molecule has 1 N–H and O–H groups in total. The molecule has 0 spiro atoms. The first kappa shape index (κ1) is 16.0. The molecule has 1 saturated heterocycles. The zero-order valence-corrected chi connectivity index (χ0v) is 14.2. The van der Waals surface area contributed by atoms with E-state index in [0.717, 1.165) is 30.2 Å². The number of aromatic amines is 1. The molecule has 0 aliphatic carbocycles. The van der Waals surface area contributed by atoms with Crippen molar-refractivity contribution in [1.29, 1.82) is 0 Å². The van der Waals surface area contributed by atoms with Crippen molar-refractivity contribution in [3.05, 3.63) is 44.4 Å². The SMILES string of the molecule is CC(C)c1[nH]c(=O)sc1CN1CCN(C(=O)c2ccco2)CC1. The minimum Gasteiger partial charge on any atom is -0.459 e. The van der Waals surface area contributed by atoms with Crippen LogP contribution >= 0.6 is 11.3 Å². The monoisotopic (exact) mass is 335 g/mol. The lowest BCUT2D eigenvalue weighted by molar-refractivity contribution is 0.0598. The van der Waals surface area contributed by atoms with E-state index in [1.165, 1.54) is 17.6 Å². The van der Waals surface area contributed by atoms with Gasteiger partial charge in [-0.3, -0.25) is 14.5 Å². The highest BCUT2D eigenvalue weighted by atomic mass is 32.1. The van der Waals surface area contributed by atoms with E-state index in [2.05, 4.69) is 23.7 Å². The first-order chi connectivity index (χ1) is 11.0. The molecule has 1 aliphatic heterocycles. The Balaban J connectivity index is 1.59. The number of hydrogen-bond acceptors (Lipinski definition) is 5. The minimum atomic E-state index is -0.0520. The van der Waals surface area contributed by atoms with Crippen molar-refractivity contribution in [2.45, 2.75) is 26.3 Å². The smallest absolute Gasteiger partial charge is 0.304 e. The van der Waals surface area contributed by atoms with Crippen LogP contribution in [-0.2, 0) is 6.54 Å². The Hall–Kier alpha value is -1.86. The molecule has 1 aliphatic rings. The zero-order chi connectivity index (χ0) is 16.4. The average Bonchev–Trinajstić information content (AvgIpc) is 3.17. The largest absolute Gasteiger partial charge is 0.459 e. The number of amides is 1. The molecule has 0 aromatic carbocycles. The van der Waals surface area contributed by atoms with E-state index in [4.69, 9.17) is 4.42 Å². The van der Waals surface area contributed by atoms with Crippen LogP contribution in [0.2, 0.25) is 0 Å². The van der Waals surface area contributed by atoms with Crippen molar-refractivity contribution in [1.82, 2.24) is 14.8 Å². The van der Waals surface area contributed by atoms with Gasteiger partial charge >= 0.3 is 4.87 Å². The van der Waals surface area contributed by atoms with Crippen LogP contribution < -0.4 is 4.87 Å². The second kappa shape index (κ2) is 6.72. The lowest BCUT2D eigenvalue weighted by Crippen LogP contribution is -2.48. The second-order valence-corrected chi connectivity index (χ2v) is 7.12. The van der Waals surface area contributed by atoms with Crippen LogP contribution in [-0.4, -0.2) is 46.9 Å². The maximum atomic E-state index is 12.2. The summed E-state index contributed by atoms with van der Waals surface area (Å²) in [6.45, 7) is 7.89. The Bertz CT molecular complexity index is 709. The van der Waals surface area contributed by atoms with Gasteiger partial charge in [0.05, 0.1) is 6.26 Å². The number of carbonyl (C=O) groups is 1. The van der Waals surface area contributed by atoms with Crippen LogP contribution in [0.15, 0.2) is 27.6 Å². The number of H-pyrrole nitrogens is 1. The Morgan fingerprint density at radius 2 is 2.09 bits per heavy atom. The number of nitrogens with one attached hydrogen (secondary N) is 1. The fourth-order valence-electron chi connectivity index (χ4n) is 2.82. The van der Waals surface area contributed by atoms with Gasteiger partial charge in [-0.05, 0) is 18.1 Å². The summed E-state index contributed by atoms with van der Waals surface area (Å²) < 4.78 is 5.17. The van der Waals surface area contributed by atoms with E-state index in [1.807, 2.05) is 4.90 Å². The number of carbonyl (C=O) groups excluding carboxylic acids is 1. The van der Waals surface area contributed by atoms with E-state index in [0.29, 0.717) is 24.8 Å². The minimum absolute atomic E-state index is 0.00957. The number of furan rings is 1. The summed E-state index contributed by atoms with van der Waals surface area (Å²) in [4.78, 5) is 32.0. The number of hydrogen-bond donors (Lipinski definition) is 1. The van der Waals surface area contributed by atoms with E-state index in [1.54, 1.807) is 12.1 Å². The van der Waals surface area contributed by atoms with Gasteiger partial charge in [0.15, 0.2) is 5.76 Å². The van der Waals surface area contributed by atoms with Crippen molar-refractivity contribution in [3.63, 3.8) is 0 Å². The predicted molar refractivity (Wildman–Crippen MR) is 88.9 cm³/mol. The highest BCUT2D eigenvalue weighted by Crippen LogP contribution is 2.21. The highest BCUT2D eigenvalue weighted by molar-refractivity contribution is 7.09. The van der Waals surface area contributed by atoms with E-state index in [-0.39, 0.29) is 10.8 Å². The number of piperazine rings is 1. The van der Waals surface area contributed by atoms with E-state index < -0.39 is 0 Å². The molecule has 124 valence electrons. The fourth-order valence-corrected chi connectivity index (χ4v) is 3.85. The van der Waals surface area contributed by atoms with Crippen molar-refractivity contribution >= 4 is 17.2 Å². The van der Waals surface area contributed by atoms with Crippen molar-refractivity contribution in [2.24, 2.45) is 0 Å². The quantitative estimate of drug-likeness (QED) is 0.929. The van der Waals surface area contributed by atoms with Gasteiger partial charge in [-0.2, -0.15) is 0 Å². The molecule has 6 nitrogen and oxygen atoms in total. The molecular formula is C16H21N3O3S. The van der Waals surface area contributed by atoms with E-state index >= 15 is 0 Å². The van der Waals surface area contributed by atoms with Crippen molar-refractivity contribution in [2.75, 3.05) is 26.2 Å². The van der Waals surface area contributed by atoms with Gasteiger partial charge in [0.1, 0.15) is 0 Å². The third-order valence-electron chi connectivity index (χ3n) is 4.09. The molecular weight excluding hydrogens is 314 g/mol. The molecule has 0 saturated carbocycles. The molecule has 0 atom stereocenters. The molecule has 0 bridgehead atoms. The molecule has 3 heterocycles. The summed E-state index contributed by atoms with van der Waals surface area (Å²) in [6, 6.07) is 3.42. The van der Waals surface area contributed by atoms with Gasteiger partial charge in [-0.15, -0.1) is 0 Å². The molecule has 2 aromatic rings. The number of nitrogens with zero attached hydrogens (tertiary/aromatic N) is 2. The average molecular weight is 335 g/mol. The molecule has 2 aromatic heterocycles. The molecule has 3 rings (SSSR count). The van der Waals surface area contributed by atoms with Crippen LogP contribution in [0.1, 0.15) is 40.9 Å². The molecule has 0 unspecified atom stereocenters. The van der Waals surface area contributed by atoms with Crippen LogP contribution in [0.25, 0.3) is 0 Å². The molecule has 1 fully saturated rings. The fraction of sp³-hybridized carbons (Fsp3) is 0.500. The Morgan fingerprint density at radius 3 is 2.70 bits per heavy atom.